The summed E-state index contributed by atoms with van der Waals surface area (Å²) in [5.41, 5.74) is 11.5. The molecule has 0 saturated carbocycles. The molecular formula is C16H21NS. The normalized spacial score (nSPS) is 12.9. The van der Waals surface area contributed by atoms with Crippen LogP contribution in [0.1, 0.15) is 42.1 Å². The molecule has 1 unspecified atom stereocenters. The van der Waals surface area contributed by atoms with Crippen LogP contribution in [0.25, 0.3) is 0 Å². The van der Waals surface area contributed by atoms with Gasteiger partial charge in [0.2, 0.25) is 0 Å². The first kappa shape index (κ1) is 13.3. The highest BCUT2D eigenvalue weighted by Gasteiger charge is 2.12. The van der Waals surface area contributed by atoms with Gasteiger partial charge in [0.05, 0.1) is 6.04 Å². The molecule has 18 heavy (non-hydrogen) atoms. The van der Waals surface area contributed by atoms with Crippen molar-refractivity contribution in [3.63, 3.8) is 0 Å². The highest BCUT2D eigenvalue weighted by atomic mass is 32.1. The minimum absolute atomic E-state index is 0.00311. The third-order valence-electron chi connectivity index (χ3n) is 3.18. The topological polar surface area (TPSA) is 26.0 Å². The van der Waals surface area contributed by atoms with Crippen molar-refractivity contribution in [1.82, 2.24) is 0 Å². The first-order valence-electron chi connectivity index (χ1n) is 6.45. The van der Waals surface area contributed by atoms with Gasteiger partial charge in [-0.3, -0.25) is 0 Å². The molecule has 0 bridgehead atoms. The lowest BCUT2D eigenvalue weighted by Crippen LogP contribution is -2.12. The summed E-state index contributed by atoms with van der Waals surface area (Å²) in [6.45, 7) is 6.62. The van der Waals surface area contributed by atoms with E-state index in [0.717, 1.165) is 6.42 Å². The lowest BCUT2D eigenvalue weighted by Gasteiger charge is -2.14. The van der Waals surface area contributed by atoms with E-state index >= 15 is 0 Å². The zero-order chi connectivity index (χ0) is 13.1. The molecule has 1 atom stereocenters. The molecule has 0 fully saturated rings. The fourth-order valence-electron chi connectivity index (χ4n) is 2.25. The van der Waals surface area contributed by atoms with Crippen molar-refractivity contribution in [2.24, 2.45) is 11.7 Å². The van der Waals surface area contributed by atoms with Crippen LogP contribution in [0.5, 0.6) is 0 Å². The highest BCUT2D eigenvalue weighted by Crippen LogP contribution is 2.26. The van der Waals surface area contributed by atoms with E-state index in [0.29, 0.717) is 5.92 Å². The summed E-state index contributed by atoms with van der Waals surface area (Å²) in [5.74, 6) is 0.680. The Hall–Kier alpha value is -1.12. The van der Waals surface area contributed by atoms with Gasteiger partial charge in [-0.05, 0) is 52.3 Å². The molecular weight excluding hydrogens is 238 g/mol. The van der Waals surface area contributed by atoms with E-state index in [9.17, 15) is 0 Å². The van der Waals surface area contributed by atoms with Crippen molar-refractivity contribution in [2.75, 3.05) is 0 Å². The van der Waals surface area contributed by atoms with Gasteiger partial charge in [-0.25, -0.2) is 0 Å². The summed E-state index contributed by atoms with van der Waals surface area (Å²) >= 11 is 1.72. The van der Waals surface area contributed by atoms with Crippen molar-refractivity contribution in [2.45, 2.75) is 33.2 Å². The van der Waals surface area contributed by atoms with Crippen LogP contribution in [0.4, 0.5) is 0 Å². The van der Waals surface area contributed by atoms with Gasteiger partial charge in [-0.1, -0.05) is 38.1 Å². The first-order chi connectivity index (χ1) is 8.58. The second-order valence-corrected chi connectivity index (χ2v) is 6.07. The first-order valence-corrected chi connectivity index (χ1v) is 7.39. The Morgan fingerprint density at radius 2 is 2.00 bits per heavy atom. The predicted molar refractivity (Wildman–Crippen MR) is 80.1 cm³/mol. The van der Waals surface area contributed by atoms with Crippen LogP contribution in [-0.4, -0.2) is 0 Å². The molecule has 0 spiro atoms. The predicted octanol–water partition coefficient (Wildman–Crippen LogP) is 4.30. The average molecular weight is 259 g/mol. The minimum Gasteiger partial charge on any atom is -0.320 e. The van der Waals surface area contributed by atoms with Gasteiger partial charge >= 0.3 is 0 Å². The molecule has 2 N–H and O–H groups in total. The van der Waals surface area contributed by atoms with Crippen molar-refractivity contribution in [3.05, 3.63) is 57.3 Å². The number of hydrogen-bond acceptors (Lipinski definition) is 2. The molecule has 1 nitrogen and oxygen atoms in total. The number of rotatable bonds is 4. The molecule has 96 valence electrons. The van der Waals surface area contributed by atoms with E-state index in [1.165, 1.54) is 22.3 Å². The Labute approximate surface area is 114 Å². The smallest absolute Gasteiger partial charge is 0.0562 e. The van der Waals surface area contributed by atoms with Crippen LogP contribution in [0.3, 0.4) is 0 Å². The van der Waals surface area contributed by atoms with Gasteiger partial charge in [0.25, 0.3) is 0 Å². The number of aryl methyl sites for hydroxylation is 1. The Bertz CT molecular complexity index is 513. The van der Waals surface area contributed by atoms with E-state index in [1.807, 2.05) is 0 Å². The van der Waals surface area contributed by atoms with Gasteiger partial charge in [0, 0.05) is 0 Å². The SMILES string of the molecule is Cc1cscc1C(N)c1cccc(CC(C)C)c1. The standard InChI is InChI=1S/C16H21NS/c1-11(2)7-13-5-4-6-14(8-13)16(17)15-10-18-9-12(15)3/h4-6,8-11,16H,7,17H2,1-3H3. The van der Waals surface area contributed by atoms with E-state index in [4.69, 9.17) is 5.73 Å². The number of nitrogens with two attached hydrogens (primary N) is 1. The summed E-state index contributed by atoms with van der Waals surface area (Å²) in [5, 5.41) is 4.32. The Kier molecular flexibility index (Phi) is 4.20. The van der Waals surface area contributed by atoms with Crippen LogP contribution in [0.15, 0.2) is 35.0 Å². The summed E-state index contributed by atoms with van der Waals surface area (Å²) < 4.78 is 0. The van der Waals surface area contributed by atoms with Gasteiger partial charge in [0.1, 0.15) is 0 Å². The molecule has 2 heteroatoms. The maximum Gasteiger partial charge on any atom is 0.0562 e. The van der Waals surface area contributed by atoms with Crippen LogP contribution in [0, 0.1) is 12.8 Å². The second-order valence-electron chi connectivity index (χ2n) is 5.33. The largest absolute Gasteiger partial charge is 0.320 e. The quantitative estimate of drug-likeness (QED) is 0.870. The molecule has 0 radical (unpaired) electrons. The summed E-state index contributed by atoms with van der Waals surface area (Å²) in [6, 6.07) is 8.70. The zero-order valence-electron chi connectivity index (χ0n) is 11.3. The minimum atomic E-state index is 0.00311. The maximum absolute atomic E-state index is 6.37. The second kappa shape index (κ2) is 5.68. The summed E-state index contributed by atoms with van der Waals surface area (Å²) in [7, 11) is 0. The monoisotopic (exact) mass is 259 g/mol. The Morgan fingerprint density at radius 1 is 1.22 bits per heavy atom. The van der Waals surface area contributed by atoms with Gasteiger partial charge in [-0.2, -0.15) is 11.3 Å². The Balaban J connectivity index is 2.25. The molecule has 1 aromatic carbocycles. The molecule has 2 rings (SSSR count). The van der Waals surface area contributed by atoms with Crippen molar-refractivity contribution >= 4 is 11.3 Å². The maximum atomic E-state index is 6.37. The molecule has 0 aliphatic carbocycles. The third kappa shape index (κ3) is 3.01. The number of thiophene rings is 1. The lowest BCUT2D eigenvalue weighted by molar-refractivity contribution is 0.646. The molecule has 0 saturated heterocycles. The van der Waals surface area contributed by atoms with Crippen molar-refractivity contribution in [1.29, 1.82) is 0 Å². The van der Waals surface area contributed by atoms with Crippen molar-refractivity contribution in [3.8, 4) is 0 Å². The number of benzene rings is 1. The van der Waals surface area contributed by atoms with E-state index in [1.54, 1.807) is 11.3 Å². The van der Waals surface area contributed by atoms with E-state index in [2.05, 4.69) is 55.8 Å². The molecule has 2 aromatic rings. The van der Waals surface area contributed by atoms with Crippen LogP contribution in [0.2, 0.25) is 0 Å². The molecule has 1 aromatic heterocycles. The summed E-state index contributed by atoms with van der Waals surface area (Å²) in [4.78, 5) is 0. The molecule has 1 heterocycles. The van der Waals surface area contributed by atoms with Crippen LogP contribution < -0.4 is 5.73 Å². The summed E-state index contributed by atoms with van der Waals surface area (Å²) in [6.07, 6.45) is 1.11. The van der Waals surface area contributed by atoms with Crippen LogP contribution in [-0.2, 0) is 6.42 Å². The highest BCUT2D eigenvalue weighted by molar-refractivity contribution is 7.08. The fourth-order valence-corrected chi connectivity index (χ4v) is 3.14. The average Bonchev–Trinajstić information content (AvgIpc) is 2.74. The zero-order valence-corrected chi connectivity index (χ0v) is 12.1. The van der Waals surface area contributed by atoms with Crippen molar-refractivity contribution < 1.29 is 0 Å². The molecule has 0 aliphatic heterocycles. The molecule has 0 amide bonds. The van der Waals surface area contributed by atoms with E-state index < -0.39 is 0 Å². The van der Waals surface area contributed by atoms with Gasteiger partial charge in [0.15, 0.2) is 0 Å². The number of hydrogen-bond donors (Lipinski definition) is 1. The van der Waals surface area contributed by atoms with Gasteiger partial charge < -0.3 is 5.73 Å². The molecule has 0 aliphatic rings. The third-order valence-corrected chi connectivity index (χ3v) is 4.06. The van der Waals surface area contributed by atoms with E-state index in [-0.39, 0.29) is 6.04 Å². The lowest BCUT2D eigenvalue weighted by atomic mass is 9.95. The van der Waals surface area contributed by atoms with Crippen LogP contribution >= 0.6 is 11.3 Å². The Morgan fingerprint density at radius 3 is 2.61 bits per heavy atom. The fraction of sp³-hybridized carbons (Fsp3) is 0.375. The van der Waals surface area contributed by atoms with Gasteiger partial charge in [-0.15, -0.1) is 0 Å².